The number of furan rings is 1. The Bertz CT molecular complexity index is 3470. The SMILES string of the molecule is CC1(C)c2ccccc2-c2ccc(N(c3ccc(-c4cccc5c4oc4c(-c6ccccc6)cccc45)cc3)c3ccc4nc(-c5ccc(-c6ccccc6)cc5)oc4c3)cc21. The Labute approximate surface area is 360 Å². The van der Waals surface area contributed by atoms with E-state index in [-0.39, 0.29) is 5.41 Å². The minimum absolute atomic E-state index is 0.150. The van der Waals surface area contributed by atoms with Crippen LogP contribution in [0.1, 0.15) is 25.0 Å². The van der Waals surface area contributed by atoms with Crippen LogP contribution in [0.15, 0.2) is 215 Å². The average Bonchev–Trinajstić information content (AvgIpc) is 4.00. The minimum atomic E-state index is -0.150. The Morgan fingerprint density at radius 2 is 0.903 bits per heavy atom. The van der Waals surface area contributed by atoms with Gasteiger partial charge in [-0.25, -0.2) is 4.98 Å². The molecule has 4 heteroatoms. The summed E-state index contributed by atoms with van der Waals surface area (Å²) in [4.78, 5) is 7.26. The molecule has 0 bridgehead atoms. The molecule has 0 fully saturated rings. The molecule has 1 aliphatic rings. The maximum Gasteiger partial charge on any atom is 0.227 e. The fourth-order valence-electron chi connectivity index (χ4n) is 9.57. The van der Waals surface area contributed by atoms with Gasteiger partial charge >= 0.3 is 0 Å². The van der Waals surface area contributed by atoms with Crippen molar-refractivity contribution in [3.05, 3.63) is 217 Å². The van der Waals surface area contributed by atoms with E-state index in [4.69, 9.17) is 13.8 Å². The summed E-state index contributed by atoms with van der Waals surface area (Å²) in [5.41, 5.74) is 19.1. The first kappa shape index (κ1) is 35.9. The van der Waals surface area contributed by atoms with E-state index in [0.29, 0.717) is 5.89 Å². The number of rotatable bonds is 7. The van der Waals surface area contributed by atoms with Crippen molar-refractivity contribution in [1.82, 2.24) is 4.98 Å². The van der Waals surface area contributed by atoms with Crippen LogP contribution in [-0.4, -0.2) is 4.98 Å². The number of nitrogens with zero attached hydrogens (tertiary/aromatic N) is 2. The van der Waals surface area contributed by atoms with Crippen molar-refractivity contribution in [2.75, 3.05) is 4.90 Å². The molecule has 0 saturated heterocycles. The van der Waals surface area contributed by atoms with E-state index in [2.05, 4.69) is 213 Å². The molecular formula is C58H40N2O2. The van der Waals surface area contributed by atoms with Crippen LogP contribution >= 0.6 is 0 Å². The molecule has 62 heavy (non-hydrogen) atoms. The van der Waals surface area contributed by atoms with E-state index in [9.17, 15) is 0 Å². The standard InChI is InChI=1S/C58H40N2O2/c1-58(2)51-22-10-9-17-47(51)48-33-31-43(35-52(48)58)60(44-32-34-53-54(36-44)61-57(59-53)41-25-23-38(24-26-41)37-13-5-3-6-14-37)42-29-27-40(28-30-42)46-19-12-21-50-49-20-11-18-45(55(49)62-56(46)50)39-15-7-4-8-16-39/h3-36H,1-2H3. The molecule has 0 amide bonds. The van der Waals surface area contributed by atoms with Crippen molar-refractivity contribution < 1.29 is 8.83 Å². The maximum absolute atomic E-state index is 6.80. The molecule has 9 aromatic carbocycles. The summed E-state index contributed by atoms with van der Waals surface area (Å²) >= 11 is 0. The quantitative estimate of drug-likeness (QED) is 0.161. The maximum atomic E-state index is 6.80. The lowest BCUT2D eigenvalue weighted by molar-refractivity contribution is 0.620. The van der Waals surface area contributed by atoms with Gasteiger partial charge in [-0.05, 0) is 93.0 Å². The molecule has 0 atom stereocenters. The number of aromatic nitrogens is 1. The second kappa shape index (κ2) is 14.1. The van der Waals surface area contributed by atoms with E-state index in [1.54, 1.807) is 0 Å². The highest BCUT2D eigenvalue weighted by Crippen LogP contribution is 2.51. The molecule has 2 heterocycles. The number of oxazole rings is 1. The normalized spacial score (nSPS) is 12.8. The molecule has 2 aromatic heterocycles. The molecule has 4 nitrogen and oxygen atoms in total. The Hall–Kier alpha value is -7.95. The zero-order valence-electron chi connectivity index (χ0n) is 34.3. The summed E-state index contributed by atoms with van der Waals surface area (Å²) in [6.45, 7) is 4.66. The molecule has 0 radical (unpaired) electrons. The third-order valence-corrected chi connectivity index (χ3v) is 12.7. The topological polar surface area (TPSA) is 42.4 Å². The van der Waals surface area contributed by atoms with Crippen LogP contribution in [0.5, 0.6) is 0 Å². The second-order valence-electron chi connectivity index (χ2n) is 16.7. The van der Waals surface area contributed by atoms with Gasteiger partial charge in [-0.3, -0.25) is 0 Å². The number of hydrogen-bond donors (Lipinski definition) is 0. The van der Waals surface area contributed by atoms with Crippen molar-refractivity contribution in [3.8, 4) is 56.0 Å². The van der Waals surface area contributed by atoms with Crippen molar-refractivity contribution in [1.29, 1.82) is 0 Å². The van der Waals surface area contributed by atoms with Crippen molar-refractivity contribution in [2.45, 2.75) is 19.3 Å². The first-order chi connectivity index (χ1) is 30.5. The summed E-state index contributed by atoms with van der Waals surface area (Å²) in [5.74, 6) is 0.598. The monoisotopic (exact) mass is 796 g/mol. The van der Waals surface area contributed by atoms with Gasteiger partial charge in [0.1, 0.15) is 16.7 Å². The lowest BCUT2D eigenvalue weighted by Crippen LogP contribution is -2.16. The fraction of sp³-hybridized carbons (Fsp3) is 0.0517. The van der Waals surface area contributed by atoms with Crippen LogP contribution in [0.3, 0.4) is 0 Å². The van der Waals surface area contributed by atoms with Crippen LogP contribution < -0.4 is 4.90 Å². The van der Waals surface area contributed by atoms with E-state index in [1.165, 1.54) is 27.8 Å². The molecule has 0 aliphatic heterocycles. The van der Waals surface area contributed by atoms with Gasteiger partial charge in [0.05, 0.1) is 0 Å². The van der Waals surface area contributed by atoms with E-state index < -0.39 is 0 Å². The van der Waals surface area contributed by atoms with Gasteiger partial charge < -0.3 is 13.7 Å². The highest BCUT2D eigenvalue weighted by atomic mass is 16.3. The summed E-state index contributed by atoms with van der Waals surface area (Å²) in [6.07, 6.45) is 0. The summed E-state index contributed by atoms with van der Waals surface area (Å²) < 4.78 is 13.3. The molecule has 0 saturated carbocycles. The number of anilines is 3. The molecule has 0 unspecified atom stereocenters. The van der Waals surface area contributed by atoms with E-state index in [0.717, 1.165) is 83.5 Å². The van der Waals surface area contributed by atoms with E-state index >= 15 is 0 Å². The van der Waals surface area contributed by atoms with Crippen molar-refractivity contribution >= 4 is 50.1 Å². The van der Waals surface area contributed by atoms with Gasteiger partial charge in [-0.2, -0.15) is 0 Å². The first-order valence-corrected chi connectivity index (χ1v) is 21.2. The van der Waals surface area contributed by atoms with Crippen LogP contribution in [0.4, 0.5) is 17.1 Å². The minimum Gasteiger partial charge on any atom is -0.455 e. The molecule has 0 N–H and O–H groups in total. The van der Waals surface area contributed by atoms with Gasteiger partial charge in [0.15, 0.2) is 5.58 Å². The molecular weight excluding hydrogens is 757 g/mol. The van der Waals surface area contributed by atoms with Crippen molar-refractivity contribution in [3.63, 3.8) is 0 Å². The third-order valence-electron chi connectivity index (χ3n) is 12.7. The van der Waals surface area contributed by atoms with Gasteiger partial charge in [0, 0.05) is 56.0 Å². The smallest absolute Gasteiger partial charge is 0.227 e. The molecule has 294 valence electrons. The van der Waals surface area contributed by atoms with Crippen LogP contribution in [0.25, 0.3) is 89.0 Å². The molecule has 12 rings (SSSR count). The lowest BCUT2D eigenvalue weighted by Gasteiger charge is -2.28. The number of hydrogen-bond acceptors (Lipinski definition) is 4. The molecule has 11 aromatic rings. The van der Waals surface area contributed by atoms with E-state index in [1.807, 2.05) is 12.1 Å². The summed E-state index contributed by atoms with van der Waals surface area (Å²) in [6, 6.07) is 73.0. The van der Waals surface area contributed by atoms with Crippen LogP contribution in [0.2, 0.25) is 0 Å². The molecule has 0 spiro atoms. The Morgan fingerprint density at radius 1 is 0.387 bits per heavy atom. The Balaban J connectivity index is 0.957. The van der Waals surface area contributed by atoms with Gasteiger partial charge in [0.2, 0.25) is 5.89 Å². The van der Waals surface area contributed by atoms with Crippen LogP contribution in [0, 0.1) is 0 Å². The number of para-hydroxylation sites is 2. The van der Waals surface area contributed by atoms with Gasteiger partial charge in [-0.1, -0.05) is 166 Å². The summed E-state index contributed by atoms with van der Waals surface area (Å²) in [7, 11) is 0. The zero-order chi connectivity index (χ0) is 41.4. The van der Waals surface area contributed by atoms with Gasteiger partial charge in [0.25, 0.3) is 0 Å². The number of benzene rings is 9. The number of fused-ring (bicyclic) bond motifs is 7. The fourth-order valence-corrected chi connectivity index (χ4v) is 9.57. The highest BCUT2D eigenvalue weighted by molar-refractivity contribution is 6.13. The average molecular weight is 797 g/mol. The Kier molecular flexibility index (Phi) is 8.16. The van der Waals surface area contributed by atoms with Crippen molar-refractivity contribution in [2.24, 2.45) is 0 Å². The second-order valence-corrected chi connectivity index (χ2v) is 16.7. The predicted molar refractivity (Wildman–Crippen MR) is 255 cm³/mol. The predicted octanol–water partition coefficient (Wildman–Crippen LogP) is 16.2. The highest BCUT2D eigenvalue weighted by Gasteiger charge is 2.35. The Morgan fingerprint density at radius 3 is 1.61 bits per heavy atom. The third kappa shape index (κ3) is 5.79. The first-order valence-electron chi connectivity index (χ1n) is 21.2. The van der Waals surface area contributed by atoms with Crippen LogP contribution in [-0.2, 0) is 5.41 Å². The molecule has 1 aliphatic carbocycles. The largest absolute Gasteiger partial charge is 0.455 e. The van der Waals surface area contributed by atoms with Gasteiger partial charge in [-0.15, -0.1) is 0 Å². The zero-order valence-corrected chi connectivity index (χ0v) is 34.3. The summed E-state index contributed by atoms with van der Waals surface area (Å²) in [5, 5.41) is 2.22. The lowest BCUT2D eigenvalue weighted by atomic mass is 9.82.